The summed E-state index contributed by atoms with van der Waals surface area (Å²) in [5, 5.41) is 11.2. The zero-order chi connectivity index (χ0) is 15.4. The van der Waals surface area contributed by atoms with Crippen molar-refractivity contribution in [2.45, 2.75) is 6.92 Å². The number of nitrogens with one attached hydrogen (secondary N) is 1. The highest BCUT2D eigenvalue weighted by molar-refractivity contribution is 7.71. The zero-order valence-corrected chi connectivity index (χ0v) is 12.7. The average molecular weight is 314 g/mol. The quantitative estimate of drug-likeness (QED) is 0.578. The molecule has 1 aromatic carbocycles. The van der Waals surface area contributed by atoms with Crippen LogP contribution in [0.15, 0.2) is 52.2 Å². The van der Waals surface area contributed by atoms with Gasteiger partial charge in [-0.15, -0.1) is 5.10 Å². The van der Waals surface area contributed by atoms with Crippen LogP contribution in [0.5, 0.6) is 5.75 Å². The van der Waals surface area contributed by atoms with Crippen molar-refractivity contribution in [3.63, 3.8) is 0 Å². The third-order valence-corrected chi connectivity index (χ3v) is 3.17. The van der Waals surface area contributed by atoms with Gasteiger partial charge in [-0.25, -0.2) is 5.10 Å². The Morgan fingerprint density at radius 2 is 2.18 bits per heavy atom. The Labute approximate surface area is 132 Å². The number of H-pyrrole nitrogens is 1. The Balaban J connectivity index is 1.87. The van der Waals surface area contributed by atoms with E-state index in [-0.39, 0.29) is 0 Å². The van der Waals surface area contributed by atoms with Crippen LogP contribution in [0, 0.1) is 4.77 Å². The topological polar surface area (TPSA) is 68.3 Å². The lowest BCUT2D eigenvalue weighted by Gasteiger charge is -2.02. The normalized spacial score (nSPS) is 11.1. The van der Waals surface area contributed by atoms with Gasteiger partial charge in [0, 0.05) is 0 Å². The first-order chi connectivity index (χ1) is 10.8. The Kier molecular flexibility index (Phi) is 4.15. The van der Waals surface area contributed by atoms with Gasteiger partial charge in [-0.05, 0) is 61.1 Å². The molecule has 0 radical (unpaired) electrons. The SMILES string of the molecule is CCOc1ccc(/C=N/n2c(-c3ccco3)n[nH]c2=S)cc1. The summed E-state index contributed by atoms with van der Waals surface area (Å²) in [6.07, 6.45) is 3.28. The number of ether oxygens (including phenoxy) is 1. The van der Waals surface area contributed by atoms with Crippen LogP contribution in [0.1, 0.15) is 12.5 Å². The molecule has 2 heterocycles. The van der Waals surface area contributed by atoms with Crippen molar-refractivity contribution in [1.29, 1.82) is 0 Å². The van der Waals surface area contributed by atoms with Gasteiger partial charge in [0.25, 0.3) is 0 Å². The fraction of sp³-hybridized carbons (Fsp3) is 0.133. The van der Waals surface area contributed by atoms with E-state index in [0.717, 1.165) is 11.3 Å². The maximum absolute atomic E-state index is 5.40. The Morgan fingerprint density at radius 1 is 1.36 bits per heavy atom. The van der Waals surface area contributed by atoms with Gasteiger partial charge in [0.15, 0.2) is 5.76 Å². The van der Waals surface area contributed by atoms with E-state index in [1.807, 2.05) is 31.2 Å². The molecule has 0 saturated carbocycles. The largest absolute Gasteiger partial charge is 0.494 e. The third kappa shape index (κ3) is 2.99. The molecule has 0 atom stereocenters. The van der Waals surface area contributed by atoms with E-state index in [9.17, 15) is 0 Å². The Morgan fingerprint density at radius 3 is 2.86 bits per heavy atom. The molecule has 3 aromatic rings. The number of rotatable bonds is 5. The summed E-state index contributed by atoms with van der Waals surface area (Å²) < 4.78 is 12.6. The Hall–Kier alpha value is -2.67. The number of furan rings is 1. The monoisotopic (exact) mass is 314 g/mol. The molecule has 0 amide bonds. The second-order valence-corrected chi connectivity index (χ2v) is 4.77. The highest BCUT2D eigenvalue weighted by Gasteiger charge is 2.10. The number of aromatic amines is 1. The molecule has 0 aliphatic carbocycles. The molecule has 0 aliphatic rings. The molecule has 2 aromatic heterocycles. The summed E-state index contributed by atoms with van der Waals surface area (Å²) in [6, 6.07) is 11.2. The second-order valence-electron chi connectivity index (χ2n) is 4.39. The average Bonchev–Trinajstić information content (AvgIpc) is 3.17. The molecule has 22 heavy (non-hydrogen) atoms. The van der Waals surface area contributed by atoms with Gasteiger partial charge >= 0.3 is 0 Å². The molecule has 1 N–H and O–H groups in total. The van der Waals surface area contributed by atoms with E-state index in [4.69, 9.17) is 21.4 Å². The summed E-state index contributed by atoms with van der Waals surface area (Å²) in [5.74, 6) is 1.95. The molecule has 0 spiro atoms. The van der Waals surface area contributed by atoms with Crippen LogP contribution < -0.4 is 4.74 Å². The lowest BCUT2D eigenvalue weighted by atomic mass is 10.2. The van der Waals surface area contributed by atoms with Gasteiger partial charge < -0.3 is 9.15 Å². The van der Waals surface area contributed by atoms with E-state index in [1.54, 1.807) is 24.6 Å². The van der Waals surface area contributed by atoms with Crippen LogP contribution in [-0.2, 0) is 0 Å². The molecule has 0 unspecified atom stereocenters. The first kappa shape index (κ1) is 14.3. The minimum absolute atomic E-state index is 0.397. The van der Waals surface area contributed by atoms with Crippen molar-refractivity contribution in [1.82, 2.24) is 14.9 Å². The Bertz CT molecular complexity index is 816. The summed E-state index contributed by atoms with van der Waals surface area (Å²) >= 11 is 5.19. The highest BCUT2D eigenvalue weighted by atomic mass is 32.1. The molecule has 0 fully saturated rings. The number of aromatic nitrogens is 3. The fourth-order valence-corrected chi connectivity index (χ4v) is 2.08. The second kappa shape index (κ2) is 6.40. The van der Waals surface area contributed by atoms with Crippen molar-refractivity contribution in [2.75, 3.05) is 6.61 Å². The van der Waals surface area contributed by atoms with E-state index in [2.05, 4.69) is 15.3 Å². The van der Waals surface area contributed by atoms with Crippen molar-refractivity contribution in [2.24, 2.45) is 5.10 Å². The fourth-order valence-electron chi connectivity index (χ4n) is 1.91. The van der Waals surface area contributed by atoms with Crippen LogP contribution in [0.2, 0.25) is 0 Å². The molecule has 7 heteroatoms. The van der Waals surface area contributed by atoms with Crippen molar-refractivity contribution in [3.05, 3.63) is 53.0 Å². The van der Waals surface area contributed by atoms with Crippen LogP contribution in [0.4, 0.5) is 0 Å². The predicted octanol–water partition coefficient (Wildman–Crippen LogP) is 3.48. The molecule has 0 bridgehead atoms. The molecular weight excluding hydrogens is 300 g/mol. The molecule has 3 rings (SSSR count). The van der Waals surface area contributed by atoms with Gasteiger partial charge in [0.2, 0.25) is 10.6 Å². The van der Waals surface area contributed by atoms with E-state index in [1.165, 1.54) is 4.68 Å². The lowest BCUT2D eigenvalue weighted by Crippen LogP contribution is -1.95. The lowest BCUT2D eigenvalue weighted by molar-refractivity contribution is 0.340. The van der Waals surface area contributed by atoms with Gasteiger partial charge in [0.05, 0.1) is 19.1 Å². The van der Waals surface area contributed by atoms with E-state index >= 15 is 0 Å². The summed E-state index contributed by atoms with van der Waals surface area (Å²) in [4.78, 5) is 0. The first-order valence-electron chi connectivity index (χ1n) is 6.76. The molecule has 0 aliphatic heterocycles. The number of benzene rings is 1. The zero-order valence-electron chi connectivity index (χ0n) is 11.9. The van der Waals surface area contributed by atoms with Crippen LogP contribution in [-0.4, -0.2) is 27.7 Å². The van der Waals surface area contributed by atoms with Crippen molar-refractivity contribution < 1.29 is 9.15 Å². The molecule has 6 nitrogen and oxygen atoms in total. The minimum atomic E-state index is 0.397. The molecular formula is C15H14N4O2S. The maximum atomic E-state index is 5.40. The summed E-state index contributed by atoms with van der Waals surface area (Å²) in [7, 11) is 0. The third-order valence-electron chi connectivity index (χ3n) is 2.91. The van der Waals surface area contributed by atoms with Crippen molar-refractivity contribution >= 4 is 18.4 Å². The van der Waals surface area contributed by atoms with E-state index in [0.29, 0.717) is 23.0 Å². The first-order valence-corrected chi connectivity index (χ1v) is 7.17. The maximum Gasteiger partial charge on any atom is 0.219 e. The highest BCUT2D eigenvalue weighted by Crippen LogP contribution is 2.17. The van der Waals surface area contributed by atoms with Crippen LogP contribution in [0.25, 0.3) is 11.6 Å². The predicted molar refractivity (Wildman–Crippen MR) is 85.7 cm³/mol. The van der Waals surface area contributed by atoms with Gasteiger partial charge in [-0.2, -0.15) is 9.78 Å². The van der Waals surface area contributed by atoms with Gasteiger partial charge in [0.1, 0.15) is 5.75 Å². The minimum Gasteiger partial charge on any atom is -0.494 e. The van der Waals surface area contributed by atoms with Crippen LogP contribution >= 0.6 is 12.2 Å². The summed E-state index contributed by atoms with van der Waals surface area (Å²) in [6.45, 7) is 2.59. The number of hydrogen-bond acceptors (Lipinski definition) is 5. The molecule has 112 valence electrons. The molecule has 0 saturated heterocycles. The number of nitrogens with zero attached hydrogens (tertiary/aromatic N) is 3. The van der Waals surface area contributed by atoms with Crippen LogP contribution in [0.3, 0.4) is 0 Å². The van der Waals surface area contributed by atoms with Crippen molar-refractivity contribution in [3.8, 4) is 17.3 Å². The smallest absolute Gasteiger partial charge is 0.219 e. The standard InChI is InChI=1S/C15H14N4O2S/c1-2-20-12-7-5-11(6-8-12)10-16-19-14(17-18-15(19)22)13-4-3-9-21-13/h3-10H,2H2,1H3,(H,18,22)/b16-10+. The van der Waals surface area contributed by atoms with Gasteiger partial charge in [-0.1, -0.05) is 0 Å². The van der Waals surface area contributed by atoms with Gasteiger partial charge in [-0.3, -0.25) is 0 Å². The van der Waals surface area contributed by atoms with E-state index < -0.39 is 0 Å². The summed E-state index contributed by atoms with van der Waals surface area (Å²) in [5.41, 5.74) is 0.928. The number of hydrogen-bond donors (Lipinski definition) is 1.